The van der Waals surface area contributed by atoms with Gasteiger partial charge >= 0.3 is 6.18 Å². The van der Waals surface area contributed by atoms with E-state index >= 15 is 0 Å². The number of halogens is 4. The van der Waals surface area contributed by atoms with Crippen LogP contribution in [-0.2, 0) is 11.0 Å². The maximum absolute atomic E-state index is 13.2. The number of amides is 2. The normalized spacial score (nSPS) is 15.1. The Morgan fingerprint density at radius 1 is 1.00 bits per heavy atom. The summed E-state index contributed by atoms with van der Waals surface area (Å²) in [7, 11) is 0. The van der Waals surface area contributed by atoms with Crippen molar-refractivity contribution in [2.75, 3.05) is 32.8 Å². The average Bonchev–Trinajstić information content (AvgIpc) is 2.90. The van der Waals surface area contributed by atoms with Gasteiger partial charge in [-0.05, 0) is 36.4 Å². The lowest BCUT2D eigenvalue weighted by Gasteiger charge is -2.23. The molecule has 0 aromatic heterocycles. The number of rotatable bonds is 5. The molecule has 160 valence electrons. The largest absolute Gasteiger partial charge is 0.492 e. The van der Waals surface area contributed by atoms with E-state index in [0.717, 1.165) is 12.1 Å². The van der Waals surface area contributed by atoms with Crippen molar-refractivity contribution in [1.82, 2.24) is 9.80 Å². The van der Waals surface area contributed by atoms with Gasteiger partial charge in [0, 0.05) is 26.1 Å². The van der Waals surface area contributed by atoms with Gasteiger partial charge in [0.25, 0.3) is 5.91 Å². The summed E-state index contributed by atoms with van der Waals surface area (Å²) in [5.41, 5.74) is -1.42. The highest BCUT2D eigenvalue weighted by Gasteiger charge is 2.36. The van der Waals surface area contributed by atoms with E-state index in [0.29, 0.717) is 5.75 Å². The minimum atomic E-state index is -4.64. The molecular formula is C21H20F4N2O3. The number of hydrogen-bond acceptors (Lipinski definition) is 3. The van der Waals surface area contributed by atoms with E-state index in [1.54, 1.807) is 0 Å². The summed E-state index contributed by atoms with van der Waals surface area (Å²) in [6, 6.07) is 10.1. The maximum atomic E-state index is 13.2. The number of ether oxygens (including phenoxy) is 1. The number of benzene rings is 2. The van der Waals surface area contributed by atoms with E-state index in [-0.39, 0.29) is 50.9 Å². The fourth-order valence-electron chi connectivity index (χ4n) is 3.20. The van der Waals surface area contributed by atoms with Crippen LogP contribution in [0.25, 0.3) is 0 Å². The topological polar surface area (TPSA) is 49.9 Å². The molecule has 0 unspecified atom stereocenters. The summed E-state index contributed by atoms with van der Waals surface area (Å²) in [6.45, 7) is 0.762. The van der Waals surface area contributed by atoms with E-state index in [2.05, 4.69) is 0 Å². The first-order valence-corrected chi connectivity index (χ1v) is 9.37. The van der Waals surface area contributed by atoms with Gasteiger partial charge in [0.05, 0.1) is 17.7 Å². The zero-order valence-electron chi connectivity index (χ0n) is 16.0. The van der Waals surface area contributed by atoms with Gasteiger partial charge in [0.2, 0.25) is 5.91 Å². The molecule has 1 heterocycles. The number of alkyl halides is 3. The first-order valence-electron chi connectivity index (χ1n) is 9.37. The highest BCUT2D eigenvalue weighted by molar-refractivity contribution is 5.96. The molecule has 0 N–H and O–H groups in total. The van der Waals surface area contributed by atoms with Gasteiger partial charge in [0.1, 0.15) is 18.2 Å². The number of carbonyl (C=O) groups excluding carboxylic acids is 2. The summed E-state index contributed by atoms with van der Waals surface area (Å²) < 4.78 is 58.0. The molecule has 1 aliphatic rings. The lowest BCUT2D eigenvalue weighted by molar-refractivity contribution is -0.138. The molecule has 1 aliphatic heterocycles. The summed E-state index contributed by atoms with van der Waals surface area (Å²) in [6.07, 6.45) is -4.63. The van der Waals surface area contributed by atoms with Crippen LogP contribution in [0.1, 0.15) is 22.3 Å². The second kappa shape index (κ2) is 9.15. The van der Waals surface area contributed by atoms with Gasteiger partial charge in [-0.2, -0.15) is 13.2 Å². The van der Waals surface area contributed by atoms with E-state index < -0.39 is 23.2 Å². The predicted molar refractivity (Wildman–Crippen MR) is 100 cm³/mol. The standard InChI is InChI=1S/C21H20F4N2O3/c22-15-5-7-16(8-6-15)30-14-13-26-11-12-27(10-9-19(26)28)20(29)17-3-1-2-4-18(17)21(23,24)25/h1-8H,9-14H2. The Kier molecular flexibility index (Phi) is 6.59. The van der Waals surface area contributed by atoms with Crippen LogP contribution in [0.5, 0.6) is 5.75 Å². The minimum absolute atomic E-state index is 0.0104. The zero-order chi connectivity index (χ0) is 21.7. The molecule has 0 bridgehead atoms. The number of carbonyl (C=O) groups is 2. The van der Waals surface area contributed by atoms with Crippen LogP contribution in [-0.4, -0.2) is 54.4 Å². The number of hydrogen-bond donors (Lipinski definition) is 0. The van der Waals surface area contributed by atoms with Gasteiger partial charge in [-0.25, -0.2) is 4.39 Å². The third kappa shape index (κ3) is 5.28. The molecule has 2 amide bonds. The predicted octanol–water partition coefficient (Wildman–Crippen LogP) is 3.60. The summed E-state index contributed by atoms with van der Waals surface area (Å²) >= 11 is 0. The van der Waals surface area contributed by atoms with E-state index in [1.807, 2.05) is 0 Å². The van der Waals surface area contributed by atoms with Crippen molar-refractivity contribution in [2.45, 2.75) is 12.6 Å². The fourth-order valence-corrected chi connectivity index (χ4v) is 3.20. The molecule has 30 heavy (non-hydrogen) atoms. The lowest BCUT2D eigenvalue weighted by atomic mass is 10.1. The molecular weight excluding hydrogens is 404 g/mol. The molecule has 5 nitrogen and oxygen atoms in total. The molecule has 0 radical (unpaired) electrons. The molecule has 9 heteroatoms. The Balaban J connectivity index is 1.60. The minimum Gasteiger partial charge on any atom is -0.492 e. The van der Waals surface area contributed by atoms with E-state index in [4.69, 9.17) is 4.74 Å². The molecule has 1 saturated heterocycles. The highest BCUT2D eigenvalue weighted by Crippen LogP contribution is 2.32. The summed E-state index contributed by atoms with van der Waals surface area (Å²) in [5.74, 6) is -0.890. The van der Waals surface area contributed by atoms with Crippen LogP contribution < -0.4 is 4.74 Å². The molecule has 3 rings (SSSR count). The number of nitrogens with zero attached hydrogens (tertiary/aromatic N) is 2. The third-order valence-corrected chi connectivity index (χ3v) is 4.78. The fraction of sp³-hybridized carbons (Fsp3) is 0.333. The van der Waals surface area contributed by atoms with Crippen LogP contribution in [0.3, 0.4) is 0 Å². The molecule has 2 aromatic rings. The SMILES string of the molecule is O=C1CCN(C(=O)c2ccccc2C(F)(F)F)CCN1CCOc1ccc(F)cc1. The molecule has 1 fully saturated rings. The lowest BCUT2D eigenvalue weighted by Crippen LogP contribution is -2.38. The van der Waals surface area contributed by atoms with Crippen LogP contribution in [0.2, 0.25) is 0 Å². The smallest absolute Gasteiger partial charge is 0.417 e. The van der Waals surface area contributed by atoms with Crippen molar-refractivity contribution in [3.05, 3.63) is 65.5 Å². The van der Waals surface area contributed by atoms with Crippen molar-refractivity contribution in [2.24, 2.45) is 0 Å². The van der Waals surface area contributed by atoms with Crippen LogP contribution in [0, 0.1) is 5.82 Å². The van der Waals surface area contributed by atoms with Crippen molar-refractivity contribution in [3.8, 4) is 5.75 Å². The first-order chi connectivity index (χ1) is 14.3. The molecule has 0 spiro atoms. The van der Waals surface area contributed by atoms with Gasteiger partial charge in [0.15, 0.2) is 0 Å². The van der Waals surface area contributed by atoms with Crippen LogP contribution in [0.4, 0.5) is 17.6 Å². The second-order valence-corrected chi connectivity index (χ2v) is 6.77. The van der Waals surface area contributed by atoms with Gasteiger partial charge < -0.3 is 14.5 Å². The summed E-state index contributed by atoms with van der Waals surface area (Å²) in [4.78, 5) is 27.8. The Hall–Kier alpha value is -3.10. The monoisotopic (exact) mass is 424 g/mol. The Morgan fingerprint density at radius 3 is 2.40 bits per heavy atom. The van der Waals surface area contributed by atoms with Crippen LogP contribution in [0.15, 0.2) is 48.5 Å². The van der Waals surface area contributed by atoms with Gasteiger partial charge in [-0.3, -0.25) is 9.59 Å². The van der Waals surface area contributed by atoms with E-state index in [1.165, 1.54) is 46.2 Å². The van der Waals surface area contributed by atoms with Crippen LogP contribution >= 0.6 is 0 Å². The Bertz CT molecular complexity index is 900. The van der Waals surface area contributed by atoms with Crippen molar-refractivity contribution in [3.63, 3.8) is 0 Å². The van der Waals surface area contributed by atoms with Gasteiger partial charge in [-0.1, -0.05) is 12.1 Å². The Morgan fingerprint density at radius 2 is 1.70 bits per heavy atom. The average molecular weight is 424 g/mol. The molecule has 2 aromatic carbocycles. The summed E-state index contributed by atoms with van der Waals surface area (Å²) in [5, 5.41) is 0. The highest BCUT2D eigenvalue weighted by atomic mass is 19.4. The molecule has 0 atom stereocenters. The van der Waals surface area contributed by atoms with E-state index in [9.17, 15) is 27.2 Å². The second-order valence-electron chi connectivity index (χ2n) is 6.77. The first kappa shape index (κ1) is 21.6. The molecule has 0 aliphatic carbocycles. The maximum Gasteiger partial charge on any atom is 0.417 e. The quantitative estimate of drug-likeness (QED) is 0.690. The van der Waals surface area contributed by atoms with Crippen molar-refractivity contribution in [1.29, 1.82) is 0 Å². The molecule has 0 saturated carbocycles. The Labute approximate surface area is 170 Å². The zero-order valence-corrected chi connectivity index (χ0v) is 16.0. The third-order valence-electron chi connectivity index (χ3n) is 4.78. The van der Waals surface area contributed by atoms with Crippen molar-refractivity contribution < 1.29 is 31.9 Å². The van der Waals surface area contributed by atoms with Crippen molar-refractivity contribution >= 4 is 11.8 Å². The van der Waals surface area contributed by atoms with Gasteiger partial charge in [-0.15, -0.1) is 0 Å².